The number of nitrogens with one attached hydrogen (secondary N) is 1. The van der Waals surface area contributed by atoms with E-state index >= 15 is 0 Å². The smallest absolute Gasteiger partial charge is 0.307 e. The molecule has 1 aromatic rings. The Morgan fingerprint density at radius 2 is 2.00 bits per heavy atom. The molecule has 0 aromatic heterocycles. The third kappa shape index (κ3) is 2.44. The van der Waals surface area contributed by atoms with Gasteiger partial charge in [0.1, 0.15) is 0 Å². The van der Waals surface area contributed by atoms with Crippen molar-refractivity contribution in [2.75, 3.05) is 5.32 Å². The lowest BCUT2D eigenvalue weighted by atomic mass is 10.2. The molecule has 2 unspecified atom stereocenters. The molecule has 96 valence electrons. The monoisotopic (exact) mass is 287 g/mol. The molecule has 1 fully saturated rings. The maximum atomic E-state index is 11.8. The van der Waals surface area contributed by atoms with Gasteiger partial charge in [0.2, 0.25) is 5.91 Å². The lowest BCUT2D eigenvalue weighted by Crippen LogP contribution is -2.17. The van der Waals surface area contributed by atoms with Crippen LogP contribution in [0.2, 0.25) is 10.0 Å². The molecule has 18 heavy (non-hydrogen) atoms. The molecule has 0 spiro atoms. The Morgan fingerprint density at radius 1 is 1.33 bits per heavy atom. The van der Waals surface area contributed by atoms with Gasteiger partial charge in [0.25, 0.3) is 0 Å². The van der Waals surface area contributed by atoms with Crippen molar-refractivity contribution in [3.8, 4) is 0 Å². The Balaban J connectivity index is 2.14. The zero-order chi connectivity index (χ0) is 13.4. The fraction of sp³-hybridized carbons (Fsp3) is 0.333. The molecular weight excluding hydrogens is 277 g/mol. The zero-order valence-electron chi connectivity index (χ0n) is 9.54. The molecule has 1 aromatic carbocycles. The second-order valence-corrected chi connectivity index (χ2v) is 5.11. The molecule has 0 aliphatic heterocycles. The molecule has 0 heterocycles. The summed E-state index contributed by atoms with van der Waals surface area (Å²) in [4.78, 5) is 22.5. The lowest BCUT2D eigenvalue weighted by Gasteiger charge is -2.10. The number of carboxylic acid groups (broad SMARTS) is 1. The van der Waals surface area contributed by atoms with Crippen LogP contribution in [0.1, 0.15) is 12.0 Å². The van der Waals surface area contributed by atoms with Crippen LogP contribution in [0.5, 0.6) is 0 Å². The fourth-order valence-corrected chi connectivity index (χ4v) is 2.21. The van der Waals surface area contributed by atoms with E-state index < -0.39 is 17.8 Å². The van der Waals surface area contributed by atoms with Gasteiger partial charge >= 0.3 is 5.97 Å². The number of hydrogen-bond donors (Lipinski definition) is 2. The molecule has 0 radical (unpaired) electrons. The second-order valence-electron chi connectivity index (χ2n) is 4.33. The second kappa shape index (κ2) is 4.78. The minimum atomic E-state index is -0.948. The minimum Gasteiger partial charge on any atom is -0.481 e. The van der Waals surface area contributed by atoms with Gasteiger partial charge in [-0.25, -0.2) is 0 Å². The first-order valence-corrected chi connectivity index (χ1v) is 6.15. The van der Waals surface area contributed by atoms with E-state index in [1.807, 2.05) is 0 Å². The van der Waals surface area contributed by atoms with Crippen LogP contribution in [0.3, 0.4) is 0 Å². The number of amides is 1. The van der Waals surface area contributed by atoms with E-state index in [9.17, 15) is 9.59 Å². The van der Waals surface area contributed by atoms with Crippen LogP contribution >= 0.6 is 23.2 Å². The minimum absolute atomic E-state index is 0.339. The summed E-state index contributed by atoms with van der Waals surface area (Å²) >= 11 is 12.0. The van der Waals surface area contributed by atoms with Crippen LogP contribution in [0.25, 0.3) is 0 Å². The summed E-state index contributed by atoms with van der Waals surface area (Å²) in [7, 11) is 0. The summed E-state index contributed by atoms with van der Waals surface area (Å²) in [6.45, 7) is 1.80. The van der Waals surface area contributed by atoms with Crippen LogP contribution in [0, 0.1) is 18.8 Å². The molecule has 1 aliphatic rings. The number of aliphatic carboxylic acids is 1. The molecule has 6 heteroatoms. The first kappa shape index (κ1) is 13.2. The van der Waals surface area contributed by atoms with E-state index in [-0.39, 0.29) is 5.91 Å². The van der Waals surface area contributed by atoms with Gasteiger partial charge in [0, 0.05) is 0 Å². The summed E-state index contributed by atoms with van der Waals surface area (Å²) in [5, 5.41) is 12.1. The highest BCUT2D eigenvalue weighted by Gasteiger charge is 2.48. The van der Waals surface area contributed by atoms with Crippen molar-refractivity contribution in [2.45, 2.75) is 13.3 Å². The highest BCUT2D eigenvalue weighted by atomic mass is 35.5. The van der Waals surface area contributed by atoms with Crippen molar-refractivity contribution < 1.29 is 14.7 Å². The highest BCUT2D eigenvalue weighted by molar-refractivity contribution is 6.40. The molecule has 4 nitrogen and oxygen atoms in total. The topological polar surface area (TPSA) is 66.4 Å². The molecule has 0 saturated heterocycles. The van der Waals surface area contributed by atoms with Crippen molar-refractivity contribution in [1.82, 2.24) is 0 Å². The Labute approximate surface area is 114 Å². The summed E-state index contributed by atoms with van der Waals surface area (Å²) in [5.41, 5.74) is 1.14. The predicted octanol–water partition coefficient (Wildman–Crippen LogP) is 2.96. The van der Waals surface area contributed by atoms with Crippen molar-refractivity contribution in [3.05, 3.63) is 27.7 Å². The Bertz CT molecular complexity index is 530. The van der Waals surface area contributed by atoms with E-state index in [2.05, 4.69) is 5.32 Å². The van der Waals surface area contributed by atoms with E-state index in [1.54, 1.807) is 19.1 Å². The largest absolute Gasteiger partial charge is 0.481 e. The Kier molecular flexibility index (Phi) is 3.50. The first-order valence-electron chi connectivity index (χ1n) is 5.40. The lowest BCUT2D eigenvalue weighted by molar-refractivity contribution is -0.139. The molecule has 1 amide bonds. The maximum Gasteiger partial charge on any atom is 0.307 e. The van der Waals surface area contributed by atoms with Crippen LogP contribution in [-0.4, -0.2) is 17.0 Å². The van der Waals surface area contributed by atoms with Gasteiger partial charge in [-0.05, 0) is 25.0 Å². The van der Waals surface area contributed by atoms with Crippen LogP contribution in [-0.2, 0) is 9.59 Å². The Morgan fingerprint density at radius 3 is 2.56 bits per heavy atom. The Hall–Kier alpha value is -1.26. The number of benzene rings is 1. The number of aryl methyl sites for hydroxylation is 1. The maximum absolute atomic E-state index is 11.8. The third-order valence-electron chi connectivity index (χ3n) is 2.98. The van der Waals surface area contributed by atoms with Gasteiger partial charge in [0.05, 0.1) is 27.6 Å². The van der Waals surface area contributed by atoms with Gasteiger partial charge in [-0.2, -0.15) is 0 Å². The van der Waals surface area contributed by atoms with E-state index in [0.717, 1.165) is 5.56 Å². The van der Waals surface area contributed by atoms with Gasteiger partial charge in [0.15, 0.2) is 0 Å². The SMILES string of the molecule is Cc1ccc(Cl)c(NC(=O)C2CC2C(=O)O)c1Cl. The van der Waals surface area contributed by atoms with Crippen molar-refractivity contribution in [2.24, 2.45) is 11.8 Å². The van der Waals surface area contributed by atoms with Gasteiger partial charge in [-0.3, -0.25) is 9.59 Å². The number of carbonyl (C=O) groups excluding carboxylic acids is 1. The first-order chi connectivity index (χ1) is 8.41. The average Bonchev–Trinajstić information content (AvgIpc) is 3.09. The van der Waals surface area contributed by atoms with Crippen molar-refractivity contribution in [1.29, 1.82) is 0 Å². The molecule has 2 N–H and O–H groups in total. The van der Waals surface area contributed by atoms with E-state index in [0.29, 0.717) is 22.2 Å². The molecular formula is C12H11Cl2NO3. The quantitative estimate of drug-likeness (QED) is 0.898. The average molecular weight is 288 g/mol. The van der Waals surface area contributed by atoms with Crippen molar-refractivity contribution >= 4 is 40.8 Å². The molecule has 1 saturated carbocycles. The molecule has 1 aliphatic carbocycles. The fourth-order valence-electron chi connectivity index (χ4n) is 1.74. The van der Waals surface area contributed by atoms with Crippen LogP contribution in [0.4, 0.5) is 5.69 Å². The van der Waals surface area contributed by atoms with E-state index in [4.69, 9.17) is 28.3 Å². The van der Waals surface area contributed by atoms with E-state index in [1.165, 1.54) is 0 Å². The highest BCUT2D eigenvalue weighted by Crippen LogP contribution is 2.41. The zero-order valence-corrected chi connectivity index (χ0v) is 11.0. The van der Waals surface area contributed by atoms with Gasteiger partial charge < -0.3 is 10.4 Å². The normalized spacial score (nSPS) is 21.5. The number of carboxylic acids is 1. The molecule has 2 atom stereocenters. The van der Waals surface area contributed by atoms with Crippen LogP contribution < -0.4 is 5.32 Å². The molecule has 0 bridgehead atoms. The summed E-state index contributed by atoms with van der Waals surface area (Å²) in [6, 6.07) is 3.39. The summed E-state index contributed by atoms with van der Waals surface area (Å²) in [5.74, 6) is -2.38. The summed E-state index contributed by atoms with van der Waals surface area (Å²) < 4.78 is 0. The number of anilines is 1. The number of carbonyl (C=O) groups is 2. The van der Waals surface area contributed by atoms with Gasteiger partial charge in [-0.15, -0.1) is 0 Å². The standard InChI is InChI=1S/C12H11Cl2NO3/c1-5-2-3-8(13)10(9(5)14)15-11(16)6-4-7(6)12(17)18/h2-3,6-7H,4H2,1H3,(H,15,16)(H,17,18). The third-order valence-corrected chi connectivity index (χ3v) is 3.78. The number of hydrogen-bond acceptors (Lipinski definition) is 2. The number of halogens is 2. The predicted molar refractivity (Wildman–Crippen MR) is 69.1 cm³/mol. The van der Waals surface area contributed by atoms with Crippen LogP contribution in [0.15, 0.2) is 12.1 Å². The van der Waals surface area contributed by atoms with Gasteiger partial charge in [-0.1, -0.05) is 29.3 Å². The molecule has 2 rings (SSSR count). The number of rotatable bonds is 3. The van der Waals surface area contributed by atoms with Crippen molar-refractivity contribution in [3.63, 3.8) is 0 Å². The summed E-state index contributed by atoms with van der Waals surface area (Å²) in [6.07, 6.45) is 0.363.